The average Bonchev–Trinajstić information content (AvgIpc) is 2.64. The molecule has 0 aliphatic rings. The van der Waals surface area contributed by atoms with E-state index in [1.54, 1.807) is 54.6 Å². The van der Waals surface area contributed by atoms with Crippen molar-refractivity contribution in [3.63, 3.8) is 0 Å². The lowest BCUT2D eigenvalue weighted by atomic mass is 10.1. The van der Waals surface area contributed by atoms with Crippen molar-refractivity contribution in [1.29, 1.82) is 0 Å². The van der Waals surface area contributed by atoms with E-state index in [0.717, 1.165) is 0 Å². The van der Waals surface area contributed by atoms with Crippen LogP contribution in [0.5, 0.6) is 0 Å². The van der Waals surface area contributed by atoms with E-state index < -0.39 is 11.1 Å². The lowest BCUT2D eigenvalue weighted by molar-refractivity contribution is 0.0991. The van der Waals surface area contributed by atoms with Crippen LogP contribution in [0.25, 0.3) is 16.7 Å². The van der Waals surface area contributed by atoms with Crippen LogP contribution in [0.15, 0.2) is 64.2 Å². The zero-order valence-corrected chi connectivity index (χ0v) is 13.0. The van der Waals surface area contributed by atoms with Gasteiger partial charge in [0.1, 0.15) is 5.69 Å². The molecule has 2 heterocycles. The highest BCUT2D eigenvalue weighted by Crippen LogP contribution is 2.09. The van der Waals surface area contributed by atoms with E-state index in [-0.39, 0.29) is 23.5 Å². The van der Waals surface area contributed by atoms with E-state index in [2.05, 4.69) is 15.2 Å². The highest BCUT2D eigenvalue weighted by atomic mass is 16.1. The number of hydrogen-bond acceptors (Lipinski definition) is 5. The maximum atomic E-state index is 12.8. The molecule has 4 rings (SSSR count). The minimum absolute atomic E-state index is 0.00195. The number of carbonyl (C=O) groups is 1. The molecule has 0 radical (unpaired) electrons. The van der Waals surface area contributed by atoms with E-state index in [9.17, 15) is 14.4 Å². The molecule has 0 unspecified atom stereocenters. The van der Waals surface area contributed by atoms with E-state index in [1.165, 1.54) is 4.40 Å². The number of H-pyrrole nitrogens is 1. The number of para-hydroxylation sites is 2. The number of nitrogens with one attached hydrogen (secondary N) is 1. The van der Waals surface area contributed by atoms with E-state index in [4.69, 9.17) is 0 Å². The van der Waals surface area contributed by atoms with Crippen molar-refractivity contribution in [2.24, 2.45) is 0 Å². The van der Waals surface area contributed by atoms with Crippen molar-refractivity contribution in [2.75, 3.05) is 0 Å². The zero-order valence-electron chi connectivity index (χ0n) is 13.0. The number of carbonyl (C=O) groups excluding carboxylic acids is 1. The van der Waals surface area contributed by atoms with Crippen LogP contribution in [0.3, 0.4) is 0 Å². The number of benzene rings is 2. The number of aromatic amines is 1. The molecule has 25 heavy (non-hydrogen) atoms. The Bertz CT molecular complexity index is 1230. The molecule has 0 spiro atoms. The molecule has 4 aromatic rings. The summed E-state index contributed by atoms with van der Waals surface area (Å²) >= 11 is 0. The van der Waals surface area contributed by atoms with Gasteiger partial charge in [-0.05, 0) is 12.1 Å². The number of ketones is 1. The maximum absolute atomic E-state index is 12.8. The molecule has 0 fully saturated rings. The minimum Gasteiger partial charge on any atom is -0.317 e. The van der Waals surface area contributed by atoms with Gasteiger partial charge in [0, 0.05) is 5.56 Å². The van der Waals surface area contributed by atoms with Gasteiger partial charge in [-0.3, -0.25) is 18.8 Å². The largest absolute Gasteiger partial charge is 0.317 e. The van der Waals surface area contributed by atoms with Gasteiger partial charge in [-0.2, -0.15) is 0 Å². The summed E-state index contributed by atoms with van der Waals surface area (Å²) in [4.78, 5) is 39.9. The number of hydrogen-bond donors (Lipinski definition) is 1. The lowest BCUT2D eigenvalue weighted by Crippen LogP contribution is -2.28. The molecular formula is C18H12N4O3. The van der Waals surface area contributed by atoms with Gasteiger partial charge in [0.25, 0.3) is 11.1 Å². The summed E-state index contributed by atoms with van der Waals surface area (Å²) in [5, 5.41) is 7.67. The van der Waals surface area contributed by atoms with Crippen molar-refractivity contribution in [3.05, 3.63) is 86.6 Å². The number of Topliss-reactive ketones (excluding diaryl/α,β-unsaturated/α-hetero) is 1. The van der Waals surface area contributed by atoms with Crippen LogP contribution >= 0.6 is 0 Å². The summed E-state index contributed by atoms with van der Waals surface area (Å²) in [5.74, 6) is -0.235. The summed E-state index contributed by atoms with van der Waals surface area (Å²) < 4.78 is 1.20. The van der Waals surface area contributed by atoms with E-state index >= 15 is 0 Å². The van der Waals surface area contributed by atoms with Crippen LogP contribution in [0, 0.1) is 0 Å². The number of aromatic nitrogens is 4. The summed E-state index contributed by atoms with van der Waals surface area (Å²) in [6, 6.07) is 15.6. The van der Waals surface area contributed by atoms with Crippen LogP contribution in [0.2, 0.25) is 0 Å². The van der Waals surface area contributed by atoms with Crippen molar-refractivity contribution >= 4 is 22.5 Å². The van der Waals surface area contributed by atoms with Crippen LogP contribution in [-0.4, -0.2) is 25.4 Å². The number of rotatable bonds is 3. The Hall–Kier alpha value is -3.61. The molecular weight excluding hydrogens is 320 g/mol. The first-order valence-electron chi connectivity index (χ1n) is 7.63. The predicted octanol–water partition coefficient (Wildman–Crippen LogP) is 1.36. The van der Waals surface area contributed by atoms with E-state index in [1.807, 2.05) is 0 Å². The smallest absolute Gasteiger partial charge is 0.294 e. The minimum atomic E-state index is -0.517. The number of fused-ring (bicyclic) bond motifs is 3. The summed E-state index contributed by atoms with van der Waals surface area (Å²) in [6.45, 7) is 0. The quantitative estimate of drug-likeness (QED) is 0.451. The average molecular weight is 332 g/mol. The van der Waals surface area contributed by atoms with Crippen LogP contribution < -0.4 is 11.1 Å². The molecule has 0 aliphatic carbocycles. The molecule has 0 bridgehead atoms. The predicted molar refractivity (Wildman–Crippen MR) is 91.9 cm³/mol. The standard InChI is InChI=1S/C18H12N4O3/c23-15(11-6-2-1-3-7-11)10-13-18(25)22-14-9-5-4-8-12(14)19-17(24)16(22)21-20-13/h1-9H,10H2,(H,19,24). The topological polar surface area (TPSA) is 97.2 Å². The Morgan fingerprint density at radius 3 is 2.48 bits per heavy atom. The zero-order chi connectivity index (χ0) is 17.4. The first kappa shape index (κ1) is 14.9. The van der Waals surface area contributed by atoms with Gasteiger partial charge < -0.3 is 4.98 Å². The molecule has 0 aliphatic heterocycles. The molecule has 0 saturated carbocycles. The van der Waals surface area contributed by atoms with Crippen molar-refractivity contribution in [2.45, 2.75) is 6.42 Å². The second kappa shape index (κ2) is 5.79. The second-order valence-electron chi connectivity index (χ2n) is 5.55. The van der Waals surface area contributed by atoms with Crippen molar-refractivity contribution in [3.8, 4) is 0 Å². The summed E-state index contributed by atoms with van der Waals surface area (Å²) in [6.07, 6.45) is -0.181. The molecule has 0 atom stereocenters. The van der Waals surface area contributed by atoms with Gasteiger partial charge in [0.15, 0.2) is 5.78 Å². The fourth-order valence-corrected chi connectivity index (χ4v) is 2.73. The first-order valence-corrected chi connectivity index (χ1v) is 7.63. The Morgan fingerprint density at radius 1 is 0.960 bits per heavy atom. The fourth-order valence-electron chi connectivity index (χ4n) is 2.73. The Balaban J connectivity index is 1.91. The van der Waals surface area contributed by atoms with Gasteiger partial charge >= 0.3 is 0 Å². The SMILES string of the molecule is O=C(Cc1nnc2c(=O)[nH]c3ccccc3n2c1=O)c1ccccc1. The lowest BCUT2D eigenvalue weighted by Gasteiger charge is -2.06. The van der Waals surface area contributed by atoms with Crippen LogP contribution in [0.1, 0.15) is 16.1 Å². The molecule has 2 aromatic carbocycles. The van der Waals surface area contributed by atoms with Gasteiger partial charge in [0.2, 0.25) is 5.65 Å². The Morgan fingerprint density at radius 2 is 1.68 bits per heavy atom. The maximum Gasteiger partial charge on any atom is 0.294 e. The third-order valence-corrected chi connectivity index (χ3v) is 3.95. The van der Waals surface area contributed by atoms with Crippen molar-refractivity contribution in [1.82, 2.24) is 19.6 Å². The summed E-state index contributed by atoms with van der Waals surface area (Å²) in [5.41, 5.74) is 0.382. The Kier molecular flexibility index (Phi) is 3.46. The van der Waals surface area contributed by atoms with Gasteiger partial charge in [-0.1, -0.05) is 42.5 Å². The van der Waals surface area contributed by atoms with Crippen LogP contribution in [0.4, 0.5) is 0 Å². The van der Waals surface area contributed by atoms with E-state index in [0.29, 0.717) is 16.6 Å². The highest BCUT2D eigenvalue weighted by Gasteiger charge is 2.16. The highest BCUT2D eigenvalue weighted by molar-refractivity contribution is 5.97. The monoisotopic (exact) mass is 332 g/mol. The first-order chi connectivity index (χ1) is 12.1. The molecule has 7 nitrogen and oxygen atoms in total. The molecule has 7 heteroatoms. The van der Waals surface area contributed by atoms with Gasteiger partial charge in [-0.25, -0.2) is 0 Å². The van der Waals surface area contributed by atoms with Crippen LogP contribution in [-0.2, 0) is 6.42 Å². The molecule has 2 aromatic heterocycles. The third-order valence-electron chi connectivity index (χ3n) is 3.95. The molecule has 0 amide bonds. The molecule has 0 saturated heterocycles. The van der Waals surface area contributed by atoms with Gasteiger partial charge in [0.05, 0.1) is 17.5 Å². The second-order valence-corrected chi connectivity index (χ2v) is 5.55. The van der Waals surface area contributed by atoms with Crippen molar-refractivity contribution < 1.29 is 4.79 Å². The third kappa shape index (κ3) is 2.51. The number of nitrogens with zero attached hydrogens (tertiary/aromatic N) is 3. The normalized spacial score (nSPS) is 11.0. The summed E-state index contributed by atoms with van der Waals surface area (Å²) in [7, 11) is 0. The fraction of sp³-hybridized carbons (Fsp3) is 0.0556. The Labute approximate surface area is 140 Å². The van der Waals surface area contributed by atoms with Gasteiger partial charge in [-0.15, -0.1) is 10.2 Å². The molecule has 1 N–H and O–H groups in total. The molecule has 122 valence electrons.